The quantitative estimate of drug-likeness (QED) is 0.397. The maximum absolute atomic E-state index is 13.2. The normalized spacial score (nSPS) is 21.4. The molecule has 1 aromatic carbocycles. The van der Waals surface area contributed by atoms with E-state index in [0.29, 0.717) is 17.3 Å². The molecule has 5 rings (SSSR count). The summed E-state index contributed by atoms with van der Waals surface area (Å²) in [6, 6.07) is 7.10. The van der Waals surface area contributed by atoms with Crippen LogP contribution >= 0.6 is 0 Å². The van der Waals surface area contributed by atoms with E-state index in [2.05, 4.69) is 15.6 Å². The number of aromatic nitrogens is 4. The Morgan fingerprint density at radius 2 is 1.73 bits per heavy atom. The molecule has 2 aliphatic carbocycles. The second kappa shape index (κ2) is 10.9. The summed E-state index contributed by atoms with van der Waals surface area (Å²) in [6.45, 7) is 2.76. The molecule has 2 saturated carbocycles. The number of aryl methyl sites for hydroxylation is 1. The van der Waals surface area contributed by atoms with Crippen molar-refractivity contribution in [2.75, 3.05) is 17.7 Å². The van der Waals surface area contributed by atoms with Crippen molar-refractivity contribution in [2.24, 2.45) is 0 Å². The van der Waals surface area contributed by atoms with Crippen LogP contribution in [0.4, 0.5) is 17.5 Å². The van der Waals surface area contributed by atoms with Crippen molar-refractivity contribution in [3.8, 4) is 0 Å². The number of rotatable bonds is 8. The van der Waals surface area contributed by atoms with Gasteiger partial charge in [-0.3, -0.25) is 0 Å². The fourth-order valence-corrected chi connectivity index (χ4v) is 6.80. The van der Waals surface area contributed by atoms with E-state index in [4.69, 9.17) is 9.97 Å². The number of aliphatic hydroxyl groups is 1. The number of aliphatic hydroxyl groups excluding tert-OH is 1. The fraction of sp³-hybridized carbons (Fsp3) is 0.577. The zero-order valence-corrected chi connectivity index (χ0v) is 22.4. The monoisotopic (exact) mass is 527 g/mol. The number of anilines is 3. The smallest absolute Gasteiger partial charge is 0.243 e. The predicted molar refractivity (Wildman–Crippen MR) is 144 cm³/mol. The van der Waals surface area contributed by atoms with Crippen LogP contribution in [0, 0.1) is 0 Å². The lowest BCUT2D eigenvalue weighted by Gasteiger charge is -2.30. The van der Waals surface area contributed by atoms with Gasteiger partial charge in [0.25, 0.3) is 0 Å². The summed E-state index contributed by atoms with van der Waals surface area (Å²) in [4.78, 5) is 14.3. The largest absolute Gasteiger partial charge is 0.393 e. The summed E-state index contributed by atoms with van der Waals surface area (Å²) in [5, 5.41) is 16.6. The summed E-state index contributed by atoms with van der Waals surface area (Å²) >= 11 is 0. The molecule has 2 fully saturated rings. The van der Waals surface area contributed by atoms with E-state index in [0.717, 1.165) is 69.2 Å². The SMILES string of the molecule is CCn1cnc2c(Nc3ccc(S(=O)(=O)N(C)C4CCCCC4)cc3)nc(NC3CCC(O)CC3)nc21. The van der Waals surface area contributed by atoms with Gasteiger partial charge in [0.15, 0.2) is 17.0 Å². The predicted octanol–water partition coefficient (Wildman–Crippen LogP) is 4.26. The minimum Gasteiger partial charge on any atom is -0.393 e. The van der Waals surface area contributed by atoms with Gasteiger partial charge in [0, 0.05) is 31.4 Å². The molecule has 10 nitrogen and oxygen atoms in total. The topological polar surface area (TPSA) is 125 Å². The van der Waals surface area contributed by atoms with Crippen molar-refractivity contribution >= 4 is 38.6 Å². The Kier molecular flexibility index (Phi) is 7.64. The van der Waals surface area contributed by atoms with Crippen LogP contribution in [0.3, 0.4) is 0 Å². The number of imidazole rings is 1. The van der Waals surface area contributed by atoms with Gasteiger partial charge >= 0.3 is 0 Å². The summed E-state index contributed by atoms with van der Waals surface area (Å²) < 4.78 is 29.9. The van der Waals surface area contributed by atoms with Crippen molar-refractivity contribution in [1.82, 2.24) is 23.8 Å². The number of benzene rings is 1. The maximum Gasteiger partial charge on any atom is 0.243 e. The second-order valence-corrected chi connectivity index (χ2v) is 12.2. The van der Waals surface area contributed by atoms with E-state index in [1.807, 2.05) is 11.5 Å². The number of nitrogens with one attached hydrogen (secondary N) is 2. The van der Waals surface area contributed by atoms with Gasteiger partial charge in [-0.15, -0.1) is 0 Å². The molecule has 3 N–H and O–H groups in total. The molecule has 2 aromatic heterocycles. The molecule has 0 radical (unpaired) electrons. The molecule has 0 amide bonds. The van der Waals surface area contributed by atoms with Crippen LogP contribution in [0.2, 0.25) is 0 Å². The van der Waals surface area contributed by atoms with E-state index in [1.165, 1.54) is 6.42 Å². The van der Waals surface area contributed by atoms with Gasteiger partial charge in [0.05, 0.1) is 17.3 Å². The number of nitrogens with zero attached hydrogens (tertiary/aromatic N) is 5. The Balaban J connectivity index is 1.37. The first-order chi connectivity index (χ1) is 17.8. The van der Waals surface area contributed by atoms with E-state index < -0.39 is 10.0 Å². The van der Waals surface area contributed by atoms with E-state index in [9.17, 15) is 13.5 Å². The minimum atomic E-state index is -3.55. The molecule has 11 heteroatoms. The van der Waals surface area contributed by atoms with Gasteiger partial charge in [0.2, 0.25) is 16.0 Å². The Labute approximate surface area is 218 Å². The first-order valence-electron chi connectivity index (χ1n) is 13.4. The van der Waals surface area contributed by atoms with E-state index in [-0.39, 0.29) is 23.1 Å². The molecule has 0 bridgehead atoms. The summed E-state index contributed by atoms with van der Waals surface area (Å²) in [5.74, 6) is 1.07. The molecule has 2 aliphatic rings. The van der Waals surface area contributed by atoms with Crippen LogP contribution in [0.1, 0.15) is 64.7 Å². The molecule has 0 unspecified atom stereocenters. The van der Waals surface area contributed by atoms with Crippen LogP contribution < -0.4 is 10.6 Å². The highest BCUT2D eigenvalue weighted by atomic mass is 32.2. The molecule has 3 aromatic rings. The molecular formula is C26H37N7O3S. The molecule has 200 valence electrons. The summed E-state index contributed by atoms with van der Waals surface area (Å²) in [6.07, 6.45) is 9.96. The van der Waals surface area contributed by atoms with Gasteiger partial charge < -0.3 is 20.3 Å². The van der Waals surface area contributed by atoms with Crippen LogP contribution in [0.25, 0.3) is 11.2 Å². The van der Waals surface area contributed by atoms with E-state index in [1.54, 1.807) is 41.9 Å². The third kappa shape index (κ3) is 5.58. The van der Waals surface area contributed by atoms with Crippen molar-refractivity contribution in [3.05, 3.63) is 30.6 Å². The van der Waals surface area contributed by atoms with Gasteiger partial charge in [-0.25, -0.2) is 13.4 Å². The van der Waals surface area contributed by atoms with Crippen LogP contribution in [0.15, 0.2) is 35.5 Å². The molecular weight excluding hydrogens is 490 g/mol. The lowest BCUT2D eigenvalue weighted by molar-refractivity contribution is 0.126. The highest BCUT2D eigenvalue weighted by Gasteiger charge is 2.29. The number of sulfonamides is 1. The Bertz CT molecular complexity index is 1310. The third-order valence-corrected chi connectivity index (χ3v) is 9.64. The molecule has 0 aliphatic heterocycles. The highest BCUT2D eigenvalue weighted by molar-refractivity contribution is 7.89. The van der Waals surface area contributed by atoms with Crippen LogP contribution in [0.5, 0.6) is 0 Å². The molecule has 0 spiro atoms. The number of fused-ring (bicyclic) bond motifs is 1. The Hall–Kier alpha value is -2.76. The van der Waals surface area contributed by atoms with E-state index >= 15 is 0 Å². The molecule has 0 saturated heterocycles. The van der Waals surface area contributed by atoms with Crippen molar-refractivity contribution in [3.63, 3.8) is 0 Å². The average molecular weight is 528 g/mol. The average Bonchev–Trinajstić information content (AvgIpc) is 3.34. The molecule has 37 heavy (non-hydrogen) atoms. The van der Waals surface area contributed by atoms with Gasteiger partial charge in [-0.05, 0) is 69.7 Å². The summed E-state index contributed by atoms with van der Waals surface area (Å²) in [7, 11) is -1.86. The first kappa shape index (κ1) is 25.9. The van der Waals surface area contributed by atoms with Crippen LogP contribution in [-0.4, -0.2) is 62.6 Å². The molecule has 0 atom stereocenters. The molecule has 2 heterocycles. The number of hydrogen-bond acceptors (Lipinski definition) is 8. The standard InChI is InChI=1S/C26H37N7O3S/c1-3-33-17-27-23-24(30-26(31-25(23)33)29-19-9-13-21(34)14-10-19)28-18-11-15-22(16-12-18)37(35,36)32(2)20-7-5-4-6-8-20/h11-12,15-17,19-21,34H,3-10,13-14H2,1-2H3,(H2,28,29,30,31). The first-order valence-corrected chi connectivity index (χ1v) is 14.8. The van der Waals surface area contributed by atoms with Gasteiger partial charge in [-0.2, -0.15) is 14.3 Å². The Morgan fingerprint density at radius 1 is 1.03 bits per heavy atom. The Morgan fingerprint density at radius 3 is 2.41 bits per heavy atom. The zero-order chi connectivity index (χ0) is 26.0. The summed E-state index contributed by atoms with van der Waals surface area (Å²) in [5.41, 5.74) is 2.10. The fourth-order valence-electron chi connectivity index (χ4n) is 5.38. The van der Waals surface area contributed by atoms with Crippen molar-refractivity contribution in [1.29, 1.82) is 0 Å². The minimum absolute atomic E-state index is 0.0675. The third-order valence-electron chi connectivity index (χ3n) is 7.72. The lowest BCUT2D eigenvalue weighted by Crippen LogP contribution is -2.38. The van der Waals surface area contributed by atoms with Gasteiger partial charge in [0.1, 0.15) is 0 Å². The lowest BCUT2D eigenvalue weighted by atomic mass is 9.93. The second-order valence-electron chi connectivity index (χ2n) is 10.2. The van der Waals surface area contributed by atoms with Gasteiger partial charge in [-0.1, -0.05) is 19.3 Å². The maximum atomic E-state index is 13.2. The zero-order valence-electron chi connectivity index (χ0n) is 21.6. The van der Waals surface area contributed by atoms with Crippen molar-refractivity contribution < 1.29 is 13.5 Å². The van der Waals surface area contributed by atoms with Crippen LogP contribution in [-0.2, 0) is 16.6 Å². The highest BCUT2D eigenvalue weighted by Crippen LogP contribution is 2.29. The van der Waals surface area contributed by atoms with Crippen molar-refractivity contribution in [2.45, 2.75) is 94.3 Å². The number of hydrogen-bond donors (Lipinski definition) is 3.